The fourth-order valence-electron chi connectivity index (χ4n) is 1.13. The summed E-state index contributed by atoms with van der Waals surface area (Å²) in [5.41, 5.74) is 1.57. The molecule has 0 aliphatic carbocycles. The predicted molar refractivity (Wildman–Crippen MR) is 55.7 cm³/mol. The van der Waals surface area contributed by atoms with Gasteiger partial charge in [-0.15, -0.1) is 11.6 Å². The first kappa shape index (κ1) is 10.1. The Morgan fingerprint density at radius 1 is 1.46 bits per heavy atom. The van der Waals surface area contributed by atoms with Gasteiger partial charge >= 0.3 is 0 Å². The lowest BCUT2D eigenvalue weighted by Crippen LogP contribution is -2.06. The molecule has 0 saturated carbocycles. The molecule has 0 heterocycles. The van der Waals surface area contributed by atoms with E-state index in [4.69, 9.17) is 11.6 Å². The average Bonchev–Trinajstić information content (AvgIpc) is 2.15. The molecule has 2 nitrogen and oxygen atoms in total. The molecule has 0 radical (unpaired) electrons. The van der Waals surface area contributed by atoms with E-state index < -0.39 is 0 Å². The van der Waals surface area contributed by atoms with Crippen LogP contribution in [0.2, 0.25) is 0 Å². The number of carbonyl (C=O) groups excluding carboxylic acids is 1. The van der Waals surface area contributed by atoms with Gasteiger partial charge in [0.15, 0.2) is 5.78 Å². The maximum atomic E-state index is 11.2. The van der Waals surface area contributed by atoms with Crippen LogP contribution in [-0.2, 0) is 0 Å². The number of para-hydroxylation sites is 1. The molecule has 0 spiro atoms. The van der Waals surface area contributed by atoms with E-state index in [1.54, 1.807) is 13.0 Å². The molecule has 3 heteroatoms. The van der Waals surface area contributed by atoms with Crippen LogP contribution >= 0.6 is 11.6 Å². The maximum absolute atomic E-state index is 11.2. The minimum atomic E-state index is 0.0673. The highest BCUT2D eigenvalue weighted by Gasteiger charge is 2.04. The molecule has 0 atom stereocenters. The van der Waals surface area contributed by atoms with Crippen molar-refractivity contribution in [3.63, 3.8) is 0 Å². The summed E-state index contributed by atoms with van der Waals surface area (Å²) in [5.74, 6) is 0.601. The second kappa shape index (κ2) is 4.87. The van der Waals surface area contributed by atoms with E-state index in [2.05, 4.69) is 5.32 Å². The molecule has 0 amide bonds. The molecular weight excluding hydrogens is 186 g/mol. The summed E-state index contributed by atoms with van der Waals surface area (Å²) in [4.78, 5) is 11.2. The molecule has 0 bridgehead atoms. The van der Waals surface area contributed by atoms with Gasteiger partial charge in [-0.1, -0.05) is 12.1 Å². The zero-order chi connectivity index (χ0) is 9.68. The van der Waals surface area contributed by atoms with Crippen molar-refractivity contribution in [2.45, 2.75) is 6.92 Å². The van der Waals surface area contributed by atoms with Crippen molar-refractivity contribution in [1.29, 1.82) is 0 Å². The van der Waals surface area contributed by atoms with Crippen LogP contribution in [0.5, 0.6) is 0 Å². The molecule has 1 N–H and O–H groups in total. The van der Waals surface area contributed by atoms with Crippen molar-refractivity contribution in [3.05, 3.63) is 29.8 Å². The summed E-state index contributed by atoms with van der Waals surface area (Å²) in [7, 11) is 0. The van der Waals surface area contributed by atoms with Gasteiger partial charge in [-0.3, -0.25) is 4.79 Å². The van der Waals surface area contributed by atoms with Crippen molar-refractivity contribution < 1.29 is 4.79 Å². The van der Waals surface area contributed by atoms with Crippen LogP contribution in [-0.4, -0.2) is 18.2 Å². The van der Waals surface area contributed by atoms with Crippen molar-refractivity contribution in [1.82, 2.24) is 0 Å². The molecule has 0 unspecified atom stereocenters. The number of benzene rings is 1. The molecule has 0 aliphatic rings. The number of alkyl halides is 1. The fraction of sp³-hybridized carbons (Fsp3) is 0.300. The first-order valence-electron chi connectivity index (χ1n) is 4.15. The second-order valence-corrected chi connectivity index (χ2v) is 3.10. The van der Waals surface area contributed by atoms with Crippen LogP contribution in [0.25, 0.3) is 0 Å². The fourth-order valence-corrected chi connectivity index (χ4v) is 1.22. The van der Waals surface area contributed by atoms with Crippen molar-refractivity contribution in [2.24, 2.45) is 0 Å². The van der Waals surface area contributed by atoms with Gasteiger partial charge in [0.1, 0.15) is 0 Å². The highest BCUT2D eigenvalue weighted by Crippen LogP contribution is 2.14. The van der Waals surface area contributed by atoms with Gasteiger partial charge in [0.2, 0.25) is 0 Å². The van der Waals surface area contributed by atoms with Crippen molar-refractivity contribution in [2.75, 3.05) is 17.7 Å². The number of anilines is 1. The molecule has 1 aromatic carbocycles. The monoisotopic (exact) mass is 197 g/mol. The summed E-state index contributed by atoms with van der Waals surface area (Å²) in [6, 6.07) is 7.42. The molecule has 1 rings (SSSR count). The lowest BCUT2D eigenvalue weighted by Gasteiger charge is -2.07. The maximum Gasteiger partial charge on any atom is 0.161 e. The normalized spacial score (nSPS) is 9.69. The number of hydrogen-bond donors (Lipinski definition) is 1. The quantitative estimate of drug-likeness (QED) is 0.594. The highest BCUT2D eigenvalue weighted by atomic mass is 35.5. The number of rotatable bonds is 4. The molecule has 0 aromatic heterocycles. The van der Waals surface area contributed by atoms with Gasteiger partial charge in [-0.2, -0.15) is 0 Å². The van der Waals surface area contributed by atoms with E-state index in [1.165, 1.54) is 0 Å². The summed E-state index contributed by atoms with van der Waals surface area (Å²) in [5, 5.41) is 3.09. The number of nitrogens with one attached hydrogen (secondary N) is 1. The Hall–Kier alpha value is -1.02. The largest absolute Gasteiger partial charge is 0.383 e. The van der Waals surface area contributed by atoms with E-state index in [9.17, 15) is 4.79 Å². The third-order valence-electron chi connectivity index (χ3n) is 1.72. The Kier molecular flexibility index (Phi) is 3.77. The number of hydrogen-bond acceptors (Lipinski definition) is 2. The SMILES string of the molecule is CC(=O)c1ccccc1NCCCl. The third-order valence-corrected chi connectivity index (χ3v) is 1.91. The summed E-state index contributed by atoms with van der Waals surface area (Å²) >= 11 is 5.54. The van der Waals surface area contributed by atoms with Crippen molar-refractivity contribution in [3.8, 4) is 0 Å². The van der Waals surface area contributed by atoms with E-state index >= 15 is 0 Å². The zero-order valence-corrected chi connectivity index (χ0v) is 8.27. The van der Waals surface area contributed by atoms with Gasteiger partial charge < -0.3 is 5.32 Å². The Morgan fingerprint density at radius 3 is 2.77 bits per heavy atom. The number of carbonyl (C=O) groups is 1. The predicted octanol–water partition coefficient (Wildman–Crippen LogP) is 2.54. The van der Waals surface area contributed by atoms with Crippen LogP contribution < -0.4 is 5.32 Å². The second-order valence-electron chi connectivity index (χ2n) is 2.72. The van der Waals surface area contributed by atoms with Crippen LogP contribution in [0.4, 0.5) is 5.69 Å². The minimum absolute atomic E-state index is 0.0673. The minimum Gasteiger partial charge on any atom is -0.383 e. The van der Waals surface area contributed by atoms with Gasteiger partial charge in [-0.05, 0) is 19.1 Å². The van der Waals surface area contributed by atoms with Gasteiger partial charge in [0, 0.05) is 23.7 Å². The molecule has 0 fully saturated rings. The Balaban J connectivity index is 2.84. The van der Waals surface area contributed by atoms with E-state index in [-0.39, 0.29) is 5.78 Å². The zero-order valence-electron chi connectivity index (χ0n) is 7.51. The number of halogens is 1. The third kappa shape index (κ3) is 2.74. The van der Waals surface area contributed by atoms with Crippen LogP contribution in [0.3, 0.4) is 0 Å². The number of Topliss-reactive ketones (excluding diaryl/α,β-unsaturated/α-hetero) is 1. The first-order chi connectivity index (χ1) is 6.25. The number of ketones is 1. The lowest BCUT2D eigenvalue weighted by molar-refractivity contribution is 0.101. The van der Waals surface area contributed by atoms with Gasteiger partial charge in [0.05, 0.1) is 0 Å². The Morgan fingerprint density at radius 2 is 2.15 bits per heavy atom. The first-order valence-corrected chi connectivity index (χ1v) is 4.69. The summed E-state index contributed by atoms with van der Waals surface area (Å²) < 4.78 is 0. The van der Waals surface area contributed by atoms with E-state index in [0.717, 1.165) is 5.69 Å². The highest BCUT2D eigenvalue weighted by molar-refractivity contribution is 6.18. The van der Waals surface area contributed by atoms with Crippen LogP contribution in [0, 0.1) is 0 Å². The lowest BCUT2D eigenvalue weighted by atomic mass is 10.1. The van der Waals surface area contributed by atoms with E-state index in [1.807, 2.05) is 18.2 Å². The van der Waals surface area contributed by atoms with Crippen molar-refractivity contribution >= 4 is 23.1 Å². The molecule has 13 heavy (non-hydrogen) atoms. The van der Waals surface area contributed by atoms with Gasteiger partial charge in [-0.25, -0.2) is 0 Å². The van der Waals surface area contributed by atoms with Gasteiger partial charge in [0.25, 0.3) is 0 Å². The smallest absolute Gasteiger partial charge is 0.161 e. The molecule has 1 aromatic rings. The topological polar surface area (TPSA) is 29.1 Å². The summed E-state index contributed by atoms with van der Waals surface area (Å²) in [6.07, 6.45) is 0. The average molecular weight is 198 g/mol. The molecule has 0 saturated heterocycles. The molecular formula is C10H12ClNO. The summed E-state index contributed by atoms with van der Waals surface area (Å²) in [6.45, 7) is 2.23. The van der Waals surface area contributed by atoms with Crippen LogP contribution in [0.15, 0.2) is 24.3 Å². The molecule has 0 aliphatic heterocycles. The Bertz CT molecular complexity index is 299. The van der Waals surface area contributed by atoms with E-state index in [0.29, 0.717) is 18.0 Å². The molecule has 70 valence electrons. The Labute approximate surface area is 82.9 Å². The van der Waals surface area contributed by atoms with Crippen LogP contribution in [0.1, 0.15) is 17.3 Å². The standard InChI is InChI=1S/C10H12ClNO/c1-8(13)9-4-2-3-5-10(9)12-7-6-11/h2-5,12H,6-7H2,1H3.